The van der Waals surface area contributed by atoms with Gasteiger partial charge in [0.05, 0.1) is 0 Å². The molecule has 2 aliphatic rings. The minimum absolute atomic E-state index is 0.0129. The van der Waals surface area contributed by atoms with Crippen molar-refractivity contribution in [3.63, 3.8) is 0 Å². The summed E-state index contributed by atoms with van der Waals surface area (Å²) in [5, 5.41) is 0. The number of rotatable bonds is 10. The number of hydrogen-bond donors (Lipinski definition) is 0. The molecule has 9 rings (SSSR count). The Morgan fingerprint density at radius 1 is 0.397 bits per heavy atom. The number of aryl methyl sites for hydroxylation is 1. The predicted octanol–water partition coefficient (Wildman–Crippen LogP) is 16.6. The van der Waals surface area contributed by atoms with E-state index >= 15 is 0 Å². The van der Waals surface area contributed by atoms with Crippen LogP contribution >= 0.6 is 0 Å². The highest BCUT2D eigenvalue weighted by atomic mass is 15.2. The van der Waals surface area contributed by atoms with E-state index in [2.05, 4.69) is 256 Å². The molecule has 4 heteroatoms. The van der Waals surface area contributed by atoms with E-state index < -0.39 is 0 Å². The molecule has 0 aromatic heterocycles. The molecular weight excluding hydrogens is 822 g/mol. The van der Waals surface area contributed by atoms with Gasteiger partial charge in [-0.3, -0.25) is 0 Å². The summed E-state index contributed by atoms with van der Waals surface area (Å²) >= 11 is 0. The summed E-state index contributed by atoms with van der Waals surface area (Å²) in [7, 11) is 0. The van der Waals surface area contributed by atoms with Gasteiger partial charge in [-0.05, 0) is 164 Å². The van der Waals surface area contributed by atoms with Gasteiger partial charge in [-0.25, -0.2) is 0 Å². The second-order valence-corrected chi connectivity index (χ2v) is 23.8. The monoisotopic (exact) mass is 896 g/mol. The highest BCUT2D eigenvalue weighted by molar-refractivity contribution is 7.00. The Hall–Kier alpha value is -6.00. The van der Waals surface area contributed by atoms with Crippen LogP contribution in [-0.2, 0) is 28.1 Å². The zero-order valence-electron chi connectivity index (χ0n) is 43.4. The van der Waals surface area contributed by atoms with Crippen molar-refractivity contribution in [2.75, 3.05) is 14.7 Å². The van der Waals surface area contributed by atoms with Gasteiger partial charge >= 0.3 is 0 Å². The van der Waals surface area contributed by atoms with Gasteiger partial charge in [0, 0.05) is 51.2 Å². The average molecular weight is 896 g/mol. The van der Waals surface area contributed by atoms with Crippen LogP contribution in [0.4, 0.5) is 51.2 Å². The largest absolute Gasteiger partial charge is 0.311 e. The second kappa shape index (κ2) is 17.8. The van der Waals surface area contributed by atoms with Crippen LogP contribution in [0.15, 0.2) is 152 Å². The number of anilines is 9. The molecule has 0 spiro atoms. The first-order valence-corrected chi connectivity index (χ1v) is 25.4. The number of unbranched alkanes of at least 4 members (excludes halogenated alkanes) is 3. The number of hydrogen-bond acceptors (Lipinski definition) is 3. The van der Waals surface area contributed by atoms with Crippen molar-refractivity contribution in [2.45, 2.75) is 144 Å². The van der Waals surface area contributed by atoms with Gasteiger partial charge in [-0.2, -0.15) is 0 Å². The number of benzene rings is 7. The molecule has 0 N–H and O–H groups in total. The quantitative estimate of drug-likeness (QED) is 0.100. The van der Waals surface area contributed by atoms with E-state index in [0.717, 1.165) is 23.5 Å². The topological polar surface area (TPSA) is 9.72 Å². The van der Waals surface area contributed by atoms with Crippen molar-refractivity contribution < 1.29 is 0 Å². The number of fused-ring (bicyclic) bond motifs is 4. The lowest BCUT2D eigenvalue weighted by Crippen LogP contribution is -2.61. The summed E-state index contributed by atoms with van der Waals surface area (Å²) < 4.78 is 0. The first kappa shape index (κ1) is 47.1. The van der Waals surface area contributed by atoms with E-state index in [1.165, 1.54) is 104 Å². The molecule has 0 saturated carbocycles. The summed E-state index contributed by atoms with van der Waals surface area (Å²) in [4.78, 5) is 7.56. The molecule has 0 amide bonds. The summed E-state index contributed by atoms with van der Waals surface area (Å²) in [5.74, 6) is 0. The standard InChI is InChI=1S/C64H74BN3/c1-14-15-16-17-19-44-22-31-51(32-23-44)67-57-41-39-53(66(49-33-24-45(25-34-49)61(2,3)4)50-35-26-46(27-36-50)62(5,6)7)43-55(57)65-54-42-48(64(11,12)13)30-40-56(54)68(59-21-18-20-58(67)60(59)65)52-37-28-47(29-38-52)63(8,9)10/h18,20-43H,14-17,19H2,1-13H3. The molecule has 0 fully saturated rings. The third kappa shape index (κ3) is 9.04. The van der Waals surface area contributed by atoms with E-state index in [9.17, 15) is 0 Å². The molecule has 0 atom stereocenters. The van der Waals surface area contributed by atoms with E-state index in [-0.39, 0.29) is 28.4 Å². The van der Waals surface area contributed by atoms with Crippen LogP contribution < -0.4 is 31.1 Å². The lowest BCUT2D eigenvalue weighted by molar-refractivity contribution is 0.590. The Morgan fingerprint density at radius 3 is 1.28 bits per heavy atom. The predicted molar refractivity (Wildman–Crippen MR) is 298 cm³/mol. The normalized spacial score (nSPS) is 13.6. The first-order valence-electron chi connectivity index (χ1n) is 25.4. The van der Waals surface area contributed by atoms with Crippen molar-refractivity contribution >= 4 is 74.3 Å². The fraction of sp³-hybridized carbons (Fsp3) is 0.344. The van der Waals surface area contributed by atoms with E-state index in [4.69, 9.17) is 0 Å². The average Bonchev–Trinajstić information content (AvgIpc) is 3.30. The summed E-state index contributed by atoms with van der Waals surface area (Å²) in [6.45, 7) is 30.0. The molecule has 0 saturated heterocycles. The van der Waals surface area contributed by atoms with Gasteiger partial charge in [-0.1, -0.05) is 176 Å². The third-order valence-corrected chi connectivity index (χ3v) is 14.6. The van der Waals surface area contributed by atoms with Crippen LogP contribution in [0.25, 0.3) is 0 Å². The van der Waals surface area contributed by atoms with E-state index in [1.807, 2.05) is 0 Å². The number of nitrogens with zero attached hydrogens (tertiary/aromatic N) is 3. The molecule has 0 aliphatic carbocycles. The van der Waals surface area contributed by atoms with Gasteiger partial charge in [-0.15, -0.1) is 0 Å². The van der Waals surface area contributed by atoms with Crippen molar-refractivity contribution in [1.82, 2.24) is 0 Å². The maximum Gasteiger partial charge on any atom is 0.252 e. The Morgan fingerprint density at radius 2 is 0.809 bits per heavy atom. The zero-order valence-corrected chi connectivity index (χ0v) is 43.4. The van der Waals surface area contributed by atoms with Crippen LogP contribution in [0, 0.1) is 0 Å². The molecule has 348 valence electrons. The summed E-state index contributed by atoms with van der Waals surface area (Å²) in [5.41, 5.74) is 21.6. The van der Waals surface area contributed by atoms with Gasteiger partial charge in [0.1, 0.15) is 0 Å². The SMILES string of the molecule is CCCCCCc1ccc(N2c3ccc(N(c4ccc(C(C)(C)C)cc4)c4ccc(C(C)(C)C)cc4)cc3B3c4cc(C(C)(C)C)ccc4N(c4ccc(C(C)(C)C)cc4)c4cccc2c43)cc1. The molecule has 7 aromatic rings. The molecule has 7 aromatic carbocycles. The van der Waals surface area contributed by atoms with E-state index in [1.54, 1.807) is 0 Å². The zero-order chi connectivity index (χ0) is 48.3. The fourth-order valence-electron chi connectivity index (χ4n) is 10.4. The molecule has 3 nitrogen and oxygen atoms in total. The maximum atomic E-state index is 2.55. The second-order valence-electron chi connectivity index (χ2n) is 23.8. The molecule has 0 radical (unpaired) electrons. The molecule has 2 aliphatic heterocycles. The highest BCUT2D eigenvalue weighted by Crippen LogP contribution is 2.46. The van der Waals surface area contributed by atoms with Gasteiger partial charge in [0.15, 0.2) is 0 Å². The first-order chi connectivity index (χ1) is 32.2. The summed E-state index contributed by atoms with van der Waals surface area (Å²) in [6.07, 6.45) is 6.17. The molecular formula is C64H74BN3. The van der Waals surface area contributed by atoms with Gasteiger partial charge in [0.25, 0.3) is 6.71 Å². The van der Waals surface area contributed by atoms with Crippen molar-refractivity contribution in [2.24, 2.45) is 0 Å². The molecule has 0 unspecified atom stereocenters. The molecule has 68 heavy (non-hydrogen) atoms. The Balaban J connectivity index is 1.29. The van der Waals surface area contributed by atoms with Crippen molar-refractivity contribution in [1.29, 1.82) is 0 Å². The lowest BCUT2D eigenvalue weighted by atomic mass is 9.33. The minimum atomic E-state index is -0.0348. The third-order valence-electron chi connectivity index (χ3n) is 14.6. The maximum absolute atomic E-state index is 2.55. The molecule has 2 heterocycles. The highest BCUT2D eigenvalue weighted by Gasteiger charge is 2.44. The lowest BCUT2D eigenvalue weighted by Gasteiger charge is -2.44. The minimum Gasteiger partial charge on any atom is -0.311 e. The summed E-state index contributed by atoms with van der Waals surface area (Å²) in [6, 6.07) is 58.9. The Bertz CT molecular complexity index is 2840. The molecule has 0 bridgehead atoms. The Kier molecular flexibility index (Phi) is 12.3. The van der Waals surface area contributed by atoms with Crippen molar-refractivity contribution in [3.8, 4) is 0 Å². The van der Waals surface area contributed by atoms with Crippen molar-refractivity contribution in [3.05, 3.63) is 179 Å². The smallest absolute Gasteiger partial charge is 0.252 e. The van der Waals surface area contributed by atoms with Crippen LogP contribution in [0.1, 0.15) is 144 Å². The van der Waals surface area contributed by atoms with Gasteiger partial charge < -0.3 is 14.7 Å². The van der Waals surface area contributed by atoms with E-state index in [0.29, 0.717) is 0 Å². The van der Waals surface area contributed by atoms with Crippen LogP contribution in [0.2, 0.25) is 0 Å². The Labute approximate surface area is 410 Å². The van der Waals surface area contributed by atoms with Gasteiger partial charge in [0.2, 0.25) is 0 Å². The van der Waals surface area contributed by atoms with Crippen LogP contribution in [0.5, 0.6) is 0 Å². The van der Waals surface area contributed by atoms with Crippen LogP contribution in [0.3, 0.4) is 0 Å². The van der Waals surface area contributed by atoms with Crippen LogP contribution in [-0.4, -0.2) is 6.71 Å². The fourth-order valence-corrected chi connectivity index (χ4v) is 10.4.